The van der Waals surface area contributed by atoms with E-state index in [1.807, 2.05) is 18.4 Å². The van der Waals surface area contributed by atoms with Gasteiger partial charge in [0.25, 0.3) is 0 Å². The maximum absolute atomic E-state index is 9.70. The minimum atomic E-state index is -0.473. The van der Waals surface area contributed by atoms with Crippen molar-refractivity contribution in [3.63, 3.8) is 0 Å². The van der Waals surface area contributed by atoms with Crippen LogP contribution in [0.5, 0.6) is 5.75 Å². The number of aliphatic hydroxyl groups is 1. The van der Waals surface area contributed by atoms with Crippen LogP contribution in [0.2, 0.25) is 0 Å². The Morgan fingerprint density at radius 2 is 2.19 bits per heavy atom. The average molecular weight is 243 g/mol. The van der Waals surface area contributed by atoms with Crippen LogP contribution in [0.1, 0.15) is 25.6 Å². The van der Waals surface area contributed by atoms with Crippen molar-refractivity contribution in [1.29, 1.82) is 0 Å². The van der Waals surface area contributed by atoms with Gasteiger partial charge in [0.2, 0.25) is 0 Å². The van der Waals surface area contributed by atoms with Gasteiger partial charge in [0.15, 0.2) is 0 Å². The molecule has 1 atom stereocenters. The van der Waals surface area contributed by atoms with Gasteiger partial charge in [0, 0.05) is 22.3 Å². The summed E-state index contributed by atoms with van der Waals surface area (Å²) in [7, 11) is 0. The number of aliphatic hydroxyl groups excluding tert-OH is 1. The van der Waals surface area contributed by atoms with Crippen LogP contribution in [0.15, 0.2) is 11.4 Å². The molecule has 2 N–H and O–H groups in total. The monoisotopic (exact) mass is 243 g/mol. The van der Waals surface area contributed by atoms with Gasteiger partial charge in [0.1, 0.15) is 18.5 Å². The maximum Gasteiger partial charge on any atom is 0.130 e. The second-order valence-corrected chi connectivity index (χ2v) is 6.10. The van der Waals surface area contributed by atoms with Crippen LogP contribution in [0.3, 0.4) is 0 Å². The van der Waals surface area contributed by atoms with Gasteiger partial charge in [-0.15, -0.1) is 11.3 Å². The predicted molar refractivity (Wildman–Crippen MR) is 68.3 cm³/mol. The lowest BCUT2D eigenvalue weighted by Crippen LogP contribution is -2.42. The van der Waals surface area contributed by atoms with Crippen LogP contribution in [0, 0.1) is 6.92 Å². The van der Waals surface area contributed by atoms with Gasteiger partial charge >= 0.3 is 0 Å². The molecule has 0 aromatic carbocycles. The van der Waals surface area contributed by atoms with Crippen LogP contribution in [0.4, 0.5) is 0 Å². The number of hydrogen-bond acceptors (Lipinski definition) is 4. The molecule has 0 amide bonds. The molecule has 0 fully saturated rings. The minimum Gasteiger partial charge on any atom is -0.490 e. The first-order valence-electron chi connectivity index (χ1n) is 5.48. The van der Waals surface area contributed by atoms with Crippen LogP contribution < -0.4 is 10.1 Å². The van der Waals surface area contributed by atoms with Crippen LogP contribution >= 0.6 is 11.3 Å². The van der Waals surface area contributed by atoms with Gasteiger partial charge < -0.3 is 15.2 Å². The minimum absolute atomic E-state index is 0.0277. The van der Waals surface area contributed by atoms with E-state index in [0.717, 1.165) is 5.75 Å². The van der Waals surface area contributed by atoms with Crippen LogP contribution in [0.25, 0.3) is 0 Å². The quantitative estimate of drug-likeness (QED) is 0.833. The molecular weight excluding hydrogens is 222 g/mol. The number of hydrogen-bond donors (Lipinski definition) is 2. The molecule has 4 heteroatoms. The number of nitrogens with one attached hydrogen (secondary N) is 1. The van der Waals surface area contributed by atoms with Crippen molar-refractivity contribution in [2.45, 2.75) is 39.3 Å². The second kappa shape index (κ2) is 5.66. The lowest BCUT2D eigenvalue weighted by atomic mass is 10.1. The van der Waals surface area contributed by atoms with Crippen LogP contribution in [-0.2, 0) is 0 Å². The van der Waals surface area contributed by atoms with Gasteiger partial charge in [-0.3, -0.25) is 0 Å². The summed E-state index contributed by atoms with van der Waals surface area (Å²) >= 11 is 1.65. The molecule has 0 aliphatic carbocycles. The molecule has 3 nitrogen and oxygen atoms in total. The molecule has 1 unspecified atom stereocenters. The number of ether oxygens (including phenoxy) is 1. The summed E-state index contributed by atoms with van der Waals surface area (Å²) in [6.45, 7) is 9.13. The Bertz CT molecular complexity index is 317. The Hall–Kier alpha value is -0.580. The summed E-state index contributed by atoms with van der Waals surface area (Å²) in [5.74, 6) is 0.845. The van der Waals surface area contributed by atoms with E-state index in [0.29, 0.717) is 13.2 Å². The zero-order valence-corrected chi connectivity index (χ0v) is 11.2. The van der Waals surface area contributed by atoms with E-state index >= 15 is 0 Å². The molecule has 1 heterocycles. The number of rotatable bonds is 5. The second-order valence-electron chi connectivity index (χ2n) is 4.99. The largest absolute Gasteiger partial charge is 0.490 e. The summed E-state index contributed by atoms with van der Waals surface area (Å²) in [6, 6.07) is 1.98. The third-order valence-corrected chi connectivity index (χ3v) is 2.86. The summed E-state index contributed by atoms with van der Waals surface area (Å²) in [5.41, 5.74) is 0.0277. The van der Waals surface area contributed by atoms with E-state index in [1.165, 1.54) is 4.88 Å². The van der Waals surface area contributed by atoms with Crippen molar-refractivity contribution < 1.29 is 9.84 Å². The van der Waals surface area contributed by atoms with Gasteiger partial charge in [-0.2, -0.15) is 0 Å². The van der Waals surface area contributed by atoms with Crippen molar-refractivity contribution in [2.75, 3.05) is 13.2 Å². The van der Waals surface area contributed by atoms with E-state index < -0.39 is 6.10 Å². The van der Waals surface area contributed by atoms with Crippen molar-refractivity contribution in [2.24, 2.45) is 0 Å². The zero-order chi connectivity index (χ0) is 12.2. The molecule has 16 heavy (non-hydrogen) atoms. The first kappa shape index (κ1) is 13.5. The van der Waals surface area contributed by atoms with Gasteiger partial charge in [-0.05, 0) is 33.8 Å². The Morgan fingerprint density at radius 1 is 1.50 bits per heavy atom. The molecule has 0 aliphatic rings. The molecular formula is C12H21NO2S. The third-order valence-electron chi connectivity index (χ3n) is 2.02. The summed E-state index contributed by atoms with van der Waals surface area (Å²) < 4.78 is 5.47. The highest BCUT2D eigenvalue weighted by molar-refractivity contribution is 7.10. The molecule has 1 aromatic rings. The van der Waals surface area contributed by atoms with Crippen molar-refractivity contribution >= 4 is 11.3 Å². The molecule has 92 valence electrons. The van der Waals surface area contributed by atoms with E-state index in [1.54, 1.807) is 11.3 Å². The standard InChI is InChI=1S/C12H21NO2S/c1-9-5-11(8-16-9)15-7-10(14)6-13-12(2,3)4/h5,8,10,13-14H,6-7H2,1-4H3. The van der Waals surface area contributed by atoms with Gasteiger partial charge in [-0.1, -0.05) is 0 Å². The summed E-state index contributed by atoms with van der Waals surface area (Å²) in [4.78, 5) is 1.22. The first-order valence-corrected chi connectivity index (χ1v) is 6.36. The lowest BCUT2D eigenvalue weighted by molar-refractivity contribution is 0.100. The normalized spacial score (nSPS) is 13.8. The predicted octanol–water partition coefficient (Wildman–Crippen LogP) is 2.18. The number of thiophene rings is 1. The molecule has 0 aliphatic heterocycles. The highest BCUT2D eigenvalue weighted by atomic mass is 32.1. The summed E-state index contributed by atoms with van der Waals surface area (Å²) in [5, 5.41) is 14.9. The van der Waals surface area contributed by atoms with E-state index in [-0.39, 0.29) is 5.54 Å². The van der Waals surface area contributed by atoms with Gasteiger partial charge in [-0.25, -0.2) is 0 Å². The Balaban J connectivity index is 2.22. The van der Waals surface area contributed by atoms with E-state index in [2.05, 4.69) is 26.1 Å². The molecule has 0 spiro atoms. The Kier molecular flexibility index (Phi) is 4.77. The molecule has 0 saturated carbocycles. The SMILES string of the molecule is Cc1cc(OCC(O)CNC(C)(C)C)cs1. The fraction of sp³-hybridized carbons (Fsp3) is 0.667. The highest BCUT2D eigenvalue weighted by Crippen LogP contribution is 2.20. The van der Waals surface area contributed by atoms with Crippen molar-refractivity contribution in [3.05, 3.63) is 16.3 Å². The molecule has 0 radical (unpaired) electrons. The number of β-amino-alcohol motifs (C(OH)–C–C–N with tert-alkyl or cyclic N) is 1. The topological polar surface area (TPSA) is 41.5 Å². The summed E-state index contributed by atoms with van der Waals surface area (Å²) in [6.07, 6.45) is -0.473. The molecule has 1 rings (SSSR count). The fourth-order valence-corrected chi connectivity index (χ4v) is 1.79. The van der Waals surface area contributed by atoms with E-state index in [9.17, 15) is 5.11 Å². The van der Waals surface area contributed by atoms with E-state index in [4.69, 9.17) is 4.74 Å². The Morgan fingerprint density at radius 3 is 2.69 bits per heavy atom. The maximum atomic E-state index is 9.70. The van der Waals surface area contributed by atoms with Crippen LogP contribution in [-0.4, -0.2) is 29.9 Å². The smallest absolute Gasteiger partial charge is 0.130 e. The van der Waals surface area contributed by atoms with Crippen molar-refractivity contribution in [3.8, 4) is 5.75 Å². The molecule has 0 bridgehead atoms. The fourth-order valence-electron chi connectivity index (χ4n) is 1.17. The van der Waals surface area contributed by atoms with Gasteiger partial charge in [0.05, 0.1) is 0 Å². The Labute approximate surface area is 101 Å². The average Bonchev–Trinajstić information content (AvgIpc) is 2.57. The lowest BCUT2D eigenvalue weighted by Gasteiger charge is -2.22. The van der Waals surface area contributed by atoms with Crippen molar-refractivity contribution in [1.82, 2.24) is 5.32 Å². The highest BCUT2D eigenvalue weighted by Gasteiger charge is 2.12. The third kappa shape index (κ3) is 5.49. The zero-order valence-electron chi connectivity index (χ0n) is 10.4. The number of aryl methyl sites for hydroxylation is 1. The molecule has 0 saturated heterocycles. The first-order chi connectivity index (χ1) is 7.37. The molecule has 1 aromatic heterocycles.